The van der Waals surface area contributed by atoms with Crippen molar-refractivity contribution in [1.82, 2.24) is 4.90 Å². The van der Waals surface area contributed by atoms with Crippen LogP contribution in [0.4, 0.5) is 0 Å². The van der Waals surface area contributed by atoms with E-state index in [1.54, 1.807) is 6.92 Å². The summed E-state index contributed by atoms with van der Waals surface area (Å²) >= 11 is 0. The maximum absolute atomic E-state index is 11.8. The van der Waals surface area contributed by atoms with Gasteiger partial charge in [0.25, 0.3) is 0 Å². The number of carbonyl (C=O) groups excluding carboxylic acids is 2. The topological polar surface area (TPSA) is 55.8 Å². The second-order valence-electron chi connectivity index (χ2n) is 4.17. The summed E-state index contributed by atoms with van der Waals surface area (Å²) < 4.78 is 10.1. The Kier molecular flexibility index (Phi) is 7.74. The maximum atomic E-state index is 11.8. The molecule has 0 rings (SSSR count). The fourth-order valence-electron chi connectivity index (χ4n) is 1.59. The molecule has 0 aliphatic rings. The third kappa shape index (κ3) is 4.83. The largest absolute Gasteiger partial charge is 0.354 e. The third-order valence-corrected chi connectivity index (χ3v) is 2.68. The average molecular weight is 245 g/mol. The number of methoxy groups -OCH3 is 2. The summed E-state index contributed by atoms with van der Waals surface area (Å²) in [4.78, 5) is 24.5. The Morgan fingerprint density at radius 1 is 1.29 bits per heavy atom. The van der Waals surface area contributed by atoms with Crippen LogP contribution in [0.1, 0.15) is 27.2 Å². The Balaban J connectivity index is 4.85. The summed E-state index contributed by atoms with van der Waals surface area (Å²) in [6.07, 6.45) is 0.657. The molecule has 0 aromatic rings. The molecular weight excluding hydrogens is 222 g/mol. The number of aldehydes is 1. The average Bonchev–Trinajstić information content (AvgIpc) is 2.33. The van der Waals surface area contributed by atoms with Crippen molar-refractivity contribution in [2.24, 2.45) is 5.92 Å². The van der Waals surface area contributed by atoms with Crippen LogP contribution >= 0.6 is 0 Å². The van der Waals surface area contributed by atoms with Gasteiger partial charge in [0.1, 0.15) is 6.29 Å². The molecule has 1 atom stereocenters. The molecule has 0 bridgehead atoms. The Hall–Kier alpha value is -0.940. The number of nitrogens with zero attached hydrogens (tertiary/aromatic N) is 1. The van der Waals surface area contributed by atoms with E-state index in [0.717, 1.165) is 6.29 Å². The van der Waals surface area contributed by atoms with Crippen LogP contribution in [0.25, 0.3) is 0 Å². The molecule has 0 heterocycles. The molecule has 0 aromatic heterocycles. The van der Waals surface area contributed by atoms with Crippen molar-refractivity contribution >= 4 is 12.2 Å². The van der Waals surface area contributed by atoms with E-state index in [9.17, 15) is 9.59 Å². The summed E-state index contributed by atoms with van der Waals surface area (Å²) in [5, 5.41) is 0. The van der Waals surface area contributed by atoms with Gasteiger partial charge in [-0.05, 0) is 5.92 Å². The van der Waals surface area contributed by atoms with Gasteiger partial charge in [-0.25, -0.2) is 0 Å². The van der Waals surface area contributed by atoms with Crippen molar-refractivity contribution in [1.29, 1.82) is 0 Å². The second-order valence-corrected chi connectivity index (χ2v) is 4.17. The Morgan fingerprint density at radius 2 is 1.82 bits per heavy atom. The van der Waals surface area contributed by atoms with Gasteiger partial charge in [-0.15, -0.1) is 0 Å². The van der Waals surface area contributed by atoms with Crippen LogP contribution in [0.15, 0.2) is 0 Å². The first-order valence-electron chi connectivity index (χ1n) is 5.82. The zero-order valence-corrected chi connectivity index (χ0v) is 11.3. The second kappa shape index (κ2) is 8.20. The van der Waals surface area contributed by atoms with Crippen LogP contribution in [0, 0.1) is 5.92 Å². The minimum Gasteiger partial charge on any atom is -0.354 e. The molecule has 5 heteroatoms. The monoisotopic (exact) mass is 245 g/mol. The molecule has 100 valence electrons. The molecule has 0 radical (unpaired) electrons. The maximum Gasteiger partial charge on any atom is 0.223 e. The van der Waals surface area contributed by atoms with Gasteiger partial charge < -0.3 is 19.2 Å². The number of hydrogen-bond acceptors (Lipinski definition) is 4. The number of rotatable bonds is 8. The van der Waals surface area contributed by atoms with Crippen LogP contribution < -0.4 is 0 Å². The molecule has 0 saturated carbocycles. The van der Waals surface area contributed by atoms with Crippen LogP contribution in [0.5, 0.6) is 0 Å². The number of ether oxygens (including phenoxy) is 2. The molecule has 0 aliphatic carbocycles. The van der Waals surface area contributed by atoms with Gasteiger partial charge in [0.15, 0.2) is 6.29 Å². The Bertz CT molecular complexity index is 239. The molecule has 1 amide bonds. The lowest BCUT2D eigenvalue weighted by Crippen LogP contribution is -2.48. The highest BCUT2D eigenvalue weighted by molar-refractivity contribution is 5.79. The SMILES string of the molecule is CCC(=O)N(CC(OC)OC)C(C=O)C(C)C. The number of carbonyl (C=O) groups is 2. The predicted molar refractivity (Wildman–Crippen MR) is 64.5 cm³/mol. The van der Waals surface area contributed by atoms with Gasteiger partial charge in [-0.3, -0.25) is 4.79 Å². The first-order valence-corrected chi connectivity index (χ1v) is 5.82. The molecule has 0 saturated heterocycles. The molecular formula is C12H23NO4. The van der Waals surface area contributed by atoms with Crippen molar-refractivity contribution in [3.8, 4) is 0 Å². The first kappa shape index (κ1) is 16.1. The van der Waals surface area contributed by atoms with Crippen molar-refractivity contribution in [2.45, 2.75) is 39.5 Å². The molecule has 1 unspecified atom stereocenters. The highest BCUT2D eigenvalue weighted by Gasteiger charge is 2.27. The van der Waals surface area contributed by atoms with Crippen molar-refractivity contribution in [3.63, 3.8) is 0 Å². The van der Waals surface area contributed by atoms with Crippen molar-refractivity contribution in [3.05, 3.63) is 0 Å². The van der Waals surface area contributed by atoms with E-state index in [4.69, 9.17) is 9.47 Å². The van der Waals surface area contributed by atoms with E-state index >= 15 is 0 Å². The molecule has 17 heavy (non-hydrogen) atoms. The minimum absolute atomic E-state index is 0.0670. The van der Waals surface area contributed by atoms with E-state index in [2.05, 4.69) is 0 Å². The summed E-state index contributed by atoms with van der Waals surface area (Å²) in [5.74, 6) is -0.00716. The molecule has 0 N–H and O–H groups in total. The van der Waals surface area contributed by atoms with Gasteiger partial charge >= 0.3 is 0 Å². The van der Waals surface area contributed by atoms with E-state index in [0.29, 0.717) is 6.42 Å². The molecule has 0 aliphatic heterocycles. The third-order valence-electron chi connectivity index (χ3n) is 2.68. The highest BCUT2D eigenvalue weighted by atomic mass is 16.7. The van der Waals surface area contributed by atoms with E-state index in [1.165, 1.54) is 19.1 Å². The quantitative estimate of drug-likeness (QED) is 0.474. The van der Waals surface area contributed by atoms with Gasteiger partial charge in [-0.2, -0.15) is 0 Å². The summed E-state index contributed by atoms with van der Waals surface area (Å²) in [5.41, 5.74) is 0. The van der Waals surface area contributed by atoms with E-state index in [-0.39, 0.29) is 18.4 Å². The van der Waals surface area contributed by atoms with Crippen LogP contribution in [0.3, 0.4) is 0 Å². The normalized spacial score (nSPS) is 12.9. The predicted octanol–water partition coefficient (Wildman–Crippen LogP) is 1.07. The van der Waals surface area contributed by atoms with Crippen LogP contribution in [0.2, 0.25) is 0 Å². The minimum atomic E-state index is -0.508. The van der Waals surface area contributed by atoms with Crippen LogP contribution in [-0.2, 0) is 19.1 Å². The summed E-state index contributed by atoms with van der Waals surface area (Å²) in [6, 6.07) is -0.435. The van der Waals surface area contributed by atoms with Gasteiger partial charge in [0.2, 0.25) is 5.91 Å². The lowest BCUT2D eigenvalue weighted by molar-refractivity contribution is -0.152. The smallest absolute Gasteiger partial charge is 0.223 e. The number of amides is 1. The van der Waals surface area contributed by atoms with Crippen molar-refractivity contribution in [2.75, 3.05) is 20.8 Å². The Morgan fingerprint density at radius 3 is 2.12 bits per heavy atom. The fourth-order valence-corrected chi connectivity index (χ4v) is 1.59. The zero-order chi connectivity index (χ0) is 13.4. The van der Waals surface area contributed by atoms with Crippen molar-refractivity contribution < 1.29 is 19.1 Å². The van der Waals surface area contributed by atoms with E-state index < -0.39 is 12.3 Å². The van der Waals surface area contributed by atoms with Crippen LogP contribution in [-0.4, -0.2) is 50.2 Å². The highest BCUT2D eigenvalue weighted by Crippen LogP contribution is 2.12. The molecule has 0 fully saturated rings. The molecule has 0 aromatic carbocycles. The van der Waals surface area contributed by atoms with E-state index in [1.807, 2.05) is 13.8 Å². The molecule has 0 spiro atoms. The molecule has 5 nitrogen and oxygen atoms in total. The lowest BCUT2D eigenvalue weighted by atomic mass is 10.0. The van der Waals surface area contributed by atoms with Gasteiger partial charge in [0.05, 0.1) is 12.6 Å². The Labute approximate surface area is 103 Å². The zero-order valence-electron chi connectivity index (χ0n) is 11.3. The van der Waals surface area contributed by atoms with Gasteiger partial charge in [0, 0.05) is 20.6 Å². The number of hydrogen-bond donors (Lipinski definition) is 0. The summed E-state index contributed by atoms with van der Waals surface area (Å²) in [6.45, 7) is 5.85. The summed E-state index contributed by atoms with van der Waals surface area (Å²) in [7, 11) is 3.02. The first-order chi connectivity index (χ1) is 8.01. The lowest BCUT2D eigenvalue weighted by Gasteiger charge is -2.32. The fraction of sp³-hybridized carbons (Fsp3) is 0.833. The standard InChI is InChI=1S/C12H23NO4/c1-6-11(15)13(7-12(16-4)17-5)10(8-14)9(2)3/h8-10,12H,6-7H2,1-5H3. The van der Waals surface area contributed by atoms with Gasteiger partial charge in [-0.1, -0.05) is 20.8 Å².